The number of hydrogen-bond donors (Lipinski definition) is 1. The van der Waals surface area contributed by atoms with Gasteiger partial charge in [-0.3, -0.25) is 4.79 Å². The monoisotopic (exact) mass is 438 g/mol. The van der Waals surface area contributed by atoms with E-state index >= 15 is 0 Å². The third-order valence-corrected chi connectivity index (χ3v) is 3.89. The molecule has 0 saturated carbocycles. The minimum absolute atomic E-state index is 0.00993. The fraction of sp³-hybridized carbons (Fsp3) is 0.0556. The second-order valence-corrected chi connectivity index (χ2v) is 6.34. The summed E-state index contributed by atoms with van der Waals surface area (Å²) in [7, 11) is 0. The van der Waals surface area contributed by atoms with Crippen molar-refractivity contribution in [2.24, 2.45) is 4.99 Å². The van der Waals surface area contributed by atoms with Crippen molar-refractivity contribution in [3.8, 4) is 0 Å². The number of ether oxygens (including phenoxy) is 1. The Morgan fingerprint density at radius 1 is 1.15 bits per heavy atom. The van der Waals surface area contributed by atoms with Crippen LogP contribution in [0.15, 0.2) is 63.7 Å². The minimum Gasteiger partial charge on any atom is -0.402 e. The Kier molecular flexibility index (Phi) is 5.13. The van der Waals surface area contributed by atoms with E-state index in [-0.39, 0.29) is 17.3 Å². The molecular weight excluding hydrogens is 429 g/mol. The number of anilines is 1. The van der Waals surface area contributed by atoms with E-state index in [1.54, 1.807) is 35.6 Å². The molecule has 1 aliphatic heterocycles. The van der Waals surface area contributed by atoms with Gasteiger partial charge < -0.3 is 10.1 Å². The van der Waals surface area contributed by atoms with Crippen LogP contribution in [0.2, 0.25) is 0 Å². The van der Waals surface area contributed by atoms with E-state index in [4.69, 9.17) is 4.74 Å². The maximum atomic E-state index is 12.3. The zero-order valence-corrected chi connectivity index (χ0v) is 15.0. The number of carbonyl (C=O) groups is 2. The molecule has 0 radical (unpaired) electrons. The van der Waals surface area contributed by atoms with Gasteiger partial charge in [0.2, 0.25) is 5.90 Å². The van der Waals surface area contributed by atoms with Gasteiger partial charge in [0.25, 0.3) is 0 Å². The molecule has 0 aliphatic carbocycles. The highest BCUT2D eigenvalue weighted by atomic mass is 79.9. The number of alkyl halides is 3. The van der Waals surface area contributed by atoms with Crippen molar-refractivity contribution in [3.63, 3.8) is 0 Å². The average Bonchev–Trinajstić information content (AvgIpc) is 2.95. The van der Waals surface area contributed by atoms with E-state index in [9.17, 15) is 22.8 Å². The molecule has 1 aliphatic rings. The third-order valence-electron chi connectivity index (χ3n) is 3.40. The van der Waals surface area contributed by atoms with E-state index in [1.165, 1.54) is 24.3 Å². The van der Waals surface area contributed by atoms with Gasteiger partial charge in [0.05, 0.1) is 0 Å². The molecule has 0 fully saturated rings. The highest BCUT2D eigenvalue weighted by Crippen LogP contribution is 2.23. The maximum Gasteiger partial charge on any atom is 0.471 e. The number of hydrogen-bond acceptors (Lipinski definition) is 4. The topological polar surface area (TPSA) is 67.8 Å². The molecule has 1 amide bonds. The number of carbonyl (C=O) groups excluding carboxylic acids is 2. The van der Waals surface area contributed by atoms with Crippen molar-refractivity contribution in [1.29, 1.82) is 0 Å². The molecule has 1 N–H and O–H groups in total. The van der Waals surface area contributed by atoms with Gasteiger partial charge in [-0.2, -0.15) is 13.2 Å². The second kappa shape index (κ2) is 7.36. The third kappa shape index (κ3) is 4.62. The average molecular weight is 439 g/mol. The number of amides is 1. The largest absolute Gasteiger partial charge is 0.471 e. The van der Waals surface area contributed by atoms with Crippen LogP contribution in [-0.2, 0) is 14.3 Å². The Balaban J connectivity index is 1.85. The van der Waals surface area contributed by atoms with Crippen LogP contribution in [0.4, 0.5) is 18.9 Å². The molecule has 5 nitrogen and oxygen atoms in total. The summed E-state index contributed by atoms with van der Waals surface area (Å²) in [6.07, 6.45) is -3.64. The number of esters is 1. The summed E-state index contributed by atoms with van der Waals surface area (Å²) in [5, 5.41) is 1.75. The quantitative estimate of drug-likeness (QED) is 0.573. The molecule has 0 aromatic heterocycles. The van der Waals surface area contributed by atoms with Crippen LogP contribution in [0.3, 0.4) is 0 Å². The van der Waals surface area contributed by atoms with Crippen LogP contribution >= 0.6 is 15.9 Å². The maximum absolute atomic E-state index is 12.3. The lowest BCUT2D eigenvalue weighted by Crippen LogP contribution is -2.29. The number of nitrogens with one attached hydrogen (secondary N) is 1. The van der Waals surface area contributed by atoms with E-state index < -0.39 is 18.1 Å². The van der Waals surface area contributed by atoms with E-state index in [0.717, 1.165) is 4.47 Å². The van der Waals surface area contributed by atoms with Crippen molar-refractivity contribution in [1.82, 2.24) is 0 Å². The summed E-state index contributed by atoms with van der Waals surface area (Å²) in [6.45, 7) is 0. The molecule has 0 spiro atoms. The van der Waals surface area contributed by atoms with Gasteiger partial charge in [-0.1, -0.05) is 34.1 Å². The van der Waals surface area contributed by atoms with Crippen LogP contribution < -0.4 is 5.32 Å². The van der Waals surface area contributed by atoms with Crippen LogP contribution in [0.1, 0.15) is 11.1 Å². The number of rotatable bonds is 3. The Hall–Kier alpha value is -2.94. The first-order chi connectivity index (χ1) is 12.7. The molecule has 1 heterocycles. The first kappa shape index (κ1) is 18.8. The van der Waals surface area contributed by atoms with Crippen molar-refractivity contribution in [3.05, 3.63) is 69.8 Å². The number of aliphatic imine (C=N–C) groups is 1. The van der Waals surface area contributed by atoms with Crippen LogP contribution in [0.5, 0.6) is 0 Å². The zero-order chi connectivity index (χ0) is 19.6. The molecule has 0 atom stereocenters. The number of benzene rings is 2. The normalized spacial score (nSPS) is 15.5. The summed E-state index contributed by atoms with van der Waals surface area (Å²) >= 11 is 3.31. The summed E-state index contributed by atoms with van der Waals surface area (Å²) in [5.41, 5.74) is 0.895. The molecule has 138 valence electrons. The fourth-order valence-electron chi connectivity index (χ4n) is 2.22. The molecule has 2 aromatic rings. The molecule has 2 aromatic carbocycles. The Labute approximate surface area is 159 Å². The van der Waals surface area contributed by atoms with Gasteiger partial charge in [0, 0.05) is 15.7 Å². The van der Waals surface area contributed by atoms with Crippen LogP contribution in [0.25, 0.3) is 6.08 Å². The van der Waals surface area contributed by atoms with Crippen molar-refractivity contribution in [2.45, 2.75) is 6.18 Å². The first-order valence-electron chi connectivity index (χ1n) is 7.49. The van der Waals surface area contributed by atoms with Gasteiger partial charge in [0.1, 0.15) is 0 Å². The lowest BCUT2D eigenvalue weighted by molar-refractivity contribution is -0.167. The van der Waals surface area contributed by atoms with Gasteiger partial charge in [0.15, 0.2) is 5.70 Å². The van der Waals surface area contributed by atoms with Gasteiger partial charge >= 0.3 is 18.1 Å². The van der Waals surface area contributed by atoms with E-state index in [1.807, 2.05) is 0 Å². The minimum atomic E-state index is -4.99. The summed E-state index contributed by atoms with van der Waals surface area (Å²) < 4.78 is 42.9. The Morgan fingerprint density at radius 2 is 1.89 bits per heavy atom. The van der Waals surface area contributed by atoms with Crippen molar-refractivity contribution < 1.29 is 27.5 Å². The van der Waals surface area contributed by atoms with Gasteiger partial charge in [-0.25, -0.2) is 9.79 Å². The highest BCUT2D eigenvalue weighted by molar-refractivity contribution is 9.10. The molecule has 9 heteroatoms. The molecule has 0 saturated heterocycles. The summed E-state index contributed by atoms with van der Waals surface area (Å²) in [6, 6.07) is 12.6. The SMILES string of the molecule is O=C1OC(c2cccc(Br)c2)=N/C1=C\c1cccc(NC(=O)C(F)(F)F)c1. The fourth-order valence-corrected chi connectivity index (χ4v) is 2.62. The molecule has 27 heavy (non-hydrogen) atoms. The smallest absolute Gasteiger partial charge is 0.402 e. The van der Waals surface area contributed by atoms with Crippen molar-refractivity contribution in [2.75, 3.05) is 5.32 Å². The second-order valence-electron chi connectivity index (χ2n) is 5.42. The van der Waals surface area contributed by atoms with Crippen LogP contribution in [0, 0.1) is 0 Å². The highest BCUT2D eigenvalue weighted by Gasteiger charge is 2.38. The summed E-state index contributed by atoms with van der Waals surface area (Å²) in [4.78, 5) is 27.1. The van der Waals surface area contributed by atoms with Crippen LogP contribution in [-0.4, -0.2) is 24.0 Å². The van der Waals surface area contributed by atoms with Crippen molar-refractivity contribution >= 4 is 45.5 Å². The lowest BCUT2D eigenvalue weighted by Gasteiger charge is -2.08. The molecule has 0 bridgehead atoms. The number of nitrogens with zero attached hydrogens (tertiary/aromatic N) is 1. The molecule has 0 unspecified atom stereocenters. The summed E-state index contributed by atoms with van der Waals surface area (Å²) in [5.74, 6) is -2.65. The predicted molar refractivity (Wildman–Crippen MR) is 95.9 cm³/mol. The predicted octanol–water partition coefficient (Wildman–Crippen LogP) is 4.29. The number of halogens is 4. The zero-order valence-electron chi connectivity index (χ0n) is 13.4. The van der Waals surface area contributed by atoms with E-state index in [0.29, 0.717) is 11.1 Å². The molecule has 3 rings (SSSR count). The van der Waals surface area contributed by atoms with E-state index in [2.05, 4.69) is 20.9 Å². The van der Waals surface area contributed by atoms with Gasteiger partial charge in [-0.15, -0.1) is 0 Å². The number of cyclic esters (lactones) is 1. The Morgan fingerprint density at radius 3 is 2.59 bits per heavy atom. The lowest BCUT2D eigenvalue weighted by atomic mass is 10.1. The molecular formula is C18H10BrF3N2O3. The first-order valence-corrected chi connectivity index (χ1v) is 8.28. The van der Waals surface area contributed by atoms with Gasteiger partial charge in [-0.05, 0) is 42.0 Å². The standard InChI is InChI=1S/C18H10BrF3N2O3/c19-12-5-2-4-11(9-12)15-24-14(16(25)27-15)8-10-3-1-6-13(7-10)23-17(26)18(20,21)22/h1-9H,(H,23,26)/b14-8-. The Bertz CT molecular complexity index is 984.